The maximum atomic E-state index is 6.12. The molecule has 1 aromatic rings. The van der Waals surface area contributed by atoms with Gasteiger partial charge in [0.05, 0.1) is 0 Å². The average molecular weight is 353 g/mol. The first kappa shape index (κ1) is 16.5. The molecule has 1 N–H and O–H groups in total. The maximum absolute atomic E-state index is 6.12. The molecule has 1 nitrogen and oxygen atoms in total. The fourth-order valence-corrected chi connectivity index (χ4v) is 3.92. The Morgan fingerprint density at radius 3 is 2.56 bits per heavy atom. The van der Waals surface area contributed by atoms with Crippen molar-refractivity contribution >= 4 is 38.9 Å². The molecular weight excluding hydrogens is 330 g/mol. The summed E-state index contributed by atoms with van der Waals surface area (Å²) in [4.78, 5) is 1.35. The highest BCUT2D eigenvalue weighted by atomic mass is 79.9. The van der Waals surface area contributed by atoms with Crippen LogP contribution in [-0.2, 0) is 0 Å². The maximum Gasteiger partial charge on any atom is 0.107 e. The largest absolute Gasteiger partial charge is 0.310 e. The van der Waals surface area contributed by atoms with Gasteiger partial charge in [0.2, 0.25) is 0 Å². The second-order valence-corrected chi connectivity index (χ2v) is 7.12. The second kappa shape index (κ2) is 9.35. The lowest BCUT2D eigenvalue weighted by atomic mass is 10.1. The molecule has 0 aliphatic carbocycles. The number of hydrogen-bond donors (Lipinski definition) is 1. The van der Waals surface area contributed by atoms with Gasteiger partial charge in [-0.1, -0.05) is 57.6 Å². The highest BCUT2D eigenvalue weighted by Crippen LogP contribution is 2.36. The summed E-state index contributed by atoms with van der Waals surface area (Å²) in [6.45, 7) is 5.42. The van der Waals surface area contributed by atoms with Crippen molar-refractivity contribution in [2.24, 2.45) is 0 Å². The van der Waals surface area contributed by atoms with Gasteiger partial charge in [-0.05, 0) is 35.0 Å². The van der Waals surface area contributed by atoms with E-state index in [1.165, 1.54) is 43.4 Å². The van der Waals surface area contributed by atoms with E-state index in [-0.39, 0.29) is 0 Å². The predicted octanol–water partition coefficient (Wildman–Crippen LogP) is 6.18. The molecule has 104 valence electrons. The van der Waals surface area contributed by atoms with Crippen LogP contribution >= 0.6 is 38.9 Å². The molecule has 18 heavy (non-hydrogen) atoms. The van der Waals surface area contributed by atoms with Crippen molar-refractivity contribution in [1.29, 1.82) is 0 Å². The number of unbranched alkanes of at least 4 members (excludes halogenated alkanes) is 4. The summed E-state index contributed by atoms with van der Waals surface area (Å²) < 4.78 is 1.89. The fourth-order valence-electron chi connectivity index (χ4n) is 2.08. The van der Waals surface area contributed by atoms with Gasteiger partial charge >= 0.3 is 0 Å². The molecule has 0 amide bonds. The van der Waals surface area contributed by atoms with E-state index < -0.39 is 0 Å². The Morgan fingerprint density at radius 2 is 2.00 bits per heavy atom. The molecule has 0 saturated heterocycles. The van der Waals surface area contributed by atoms with Gasteiger partial charge in [0.15, 0.2) is 0 Å². The lowest BCUT2D eigenvalue weighted by Gasteiger charge is -2.16. The summed E-state index contributed by atoms with van der Waals surface area (Å²) in [7, 11) is 0. The van der Waals surface area contributed by atoms with Gasteiger partial charge in [-0.15, -0.1) is 11.3 Å². The molecule has 1 unspecified atom stereocenters. The van der Waals surface area contributed by atoms with E-state index in [1.807, 2.05) is 0 Å². The Kier molecular flexibility index (Phi) is 8.56. The zero-order chi connectivity index (χ0) is 13.4. The normalized spacial score (nSPS) is 12.9. The SMILES string of the molecule is CCCCCCCC(NCC)c1cc(Br)c(Cl)s1. The summed E-state index contributed by atoms with van der Waals surface area (Å²) in [6, 6.07) is 2.62. The quantitative estimate of drug-likeness (QED) is 0.524. The van der Waals surface area contributed by atoms with Crippen LogP contribution in [-0.4, -0.2) is 6.54 Å². The summed E-state index contributed by atoms with van der Waals surface area (Å²) in [5.74, 6) is 0. The van der Waals surface area contributed by atoms with Gasteiger partial charge in [0.1, 0.15) is 4.34 Å². The van der Waals surface area contributed by atoms with Gasteiger partial charge in [0, 0.05) is 15.4 Å². The molecule has 0 saturated carbocycles. The van der Waals surface area contributed by atoms with Crippen LogP contribution in [0.1, 0.15) is 63.3 Å². The number of halogens is 2. The van der Waals surface area contributed by atoms with Crippen molar-refractivity contribution in [2.45, 2.75) is 58.4 Å². The molecule has 1 heterocycles. The zero-order valence-corrected chi connectivity index (χ0v) is 14.4. The van der Waals surface area contributed by atoms with Crippen LogP contribution in [0.25, 0.3) is 0 Å². The van der Waals surface area contributed by atoms with Crippen molar-refractivity contribution < 1.29 is 0 Å². The molecule has 0 spiro atoms. The molecule has 1 aromatic heterocycles. The van der Waals surface area contributed by atoms with Gasteiger partial charge in [-0.3, -0.25) is 0 Å². The topological polar surface area (TPSA) is 12.0 Å². The van der Waals surface area contributed by atoms with Crippen molar-refractivity contribution in [3.05, 3.63) is 19.8 Å². The first-order valence-corrected chi connectivity index (χ1v) is 8.85. The summed E-state index contributed by atoms with van der Waals surface area (Å²) in [5, 5.41) is 3.56. The number of rotatable bonds is 9. The highest BCUT2D eigenvalue weighted by Gasteiger charge is 2.14. The molecule has 1 rings (SSSR count). The van der Waals surface area contributed by atoms with Gasteiger partial charge in [-0.25, -0.2) is 0 Å². The van der Waals surface area contributed by atoms with Gasteiger partial charge in [-0.2, -0.15) is 0 Å². The smallest absolute Gasteiger partial charge is 0.107 e. The molecule has 0 aromatic carbocycles. The molecular formula is C14H23BrClNS. The van der Waals surface area contributed by atoms with E-state index in [1.54, 1.807) is 11.3 Å². The molecule has 4 heteroatoms. The second-order valence-electron chi connectivity index (χ2n) is 4.58. The molecule has 1 atom stereocenters. The minimum absolute atomic E-state index is 0.463. The van der Waals surface area contributed by atoms with Crippen molar-refractivity contribution in [3.8, 4) is 0 Å². The standard InChI is InChI=1S/C14H23BrClNS/c1-3-5-6-7-8-9-12(17-4-2)13-10-11(15)14(16)18-13/h10,12,17H,3-9H2,1-2H3. The Bertz CT molecular complexity index is 321. The molecule has 0 aliphatic rings. The van der Waals surface area contributed by atoms with Crippen LogP contribution < -0.4 is 5.32 Å². The van der Waals surface area contributed by atoms with E-state index in [9.17, 15) is 0 Å². The van der Waals surface area contributed by atoms with Crippen molar-refractivity contribution in [3.63, 3.8) is 0 Å². The minimum atomic E-state index is 0.463. The predicted molar refractivity (Wildman–Crippen MR) is 86.8 cm³/mol. The Hall–Kier alpha value is 0.430. The number of hydrogen-bond acceptors (Lipinski definition) is 2. The van der Waals surface area contributed by atoms with Crippen LogP contribution in [0.4, 0.5) is 0 Å². The number of thiophene rings is 1. The van der Waals surface area contributed by atoms with Gasteiger partial charge in [0.25, 0.3) is 0 Å². The third-order valence-electron chi connectivity index (χ3n) is 3.05. The van der Waals surface area contributed by atoms with Crippen LogP contribution in [0.2, 0.25) is 4.34 Å². The molecule has 0 bridgehead atoms. The first-order valence-electron chi connectivity index (χ1n) is 6.87. The average Bonchev–Trinajstić information content (AvgIpc) is 2.68. The first-order chi connectivity index (χ1) is 8.69. The molecule has 0 radical (unpaired) electrons. The fraction of sp³-hybridized carbons (Fsp3) is 0.714. The van der Waals surface area contributed by atoms with Crippen LogP contribution in [0.15, 0.2) is 10.5 Å². The summed E-state index contributed by atoms with van der Waals surface area (Å²) in [5.41, 5.74) is 0. The minimum Gasteiger partial charge on any atom is -0.310 e. The van der Waals surface area contributed by atoms with E-state index >= 15 is 0 Å². The highest BCUT2D eigenvalue weighted by molar-refractivity contribution is 9.10. The summed E-state index contributed by atoms with van der Waals surface area (Å²) >= 11 is 11.3. The monoisotopic (exact) mass is 351 g/mol. The van der Waals surface area contributed by atoms with Crippen molar-refractivity contribution in [1.82, 2.24) is 5.32 Å². The lowest BCUT2D eigenvalue weighted by Crippen LogP contribution is -2.19. The Labute approximate surface area is 128 Å². The Morgan fingerprint density at radius 1 is 1.28 bits per heavy atom. The van der Waals surface area contributed by atoms with E-state index in [0.717, 1.165) is 15.4 Å². The zero-order valence-electron chi connectivity index (χ0n) is 11.3. The van der Waals surface area contributed by atoms with E-state index in [0.29, 0.717) is 6.04 Å². The molecule has 0 aliphatic heterocycles. The molecule has 0 fully saturated rings. The van der Waals surface area contributed by atoms with E-state index in [4.69, 9.17) is 11.6 Å². The number of nitrogens with one attached hydrogen (secondary N) is 1. The van der Waals surface area contributed by atoms with E-state index in [2.05, 4.69) is 41.2 Å². The van der Waals surface area contributed by atoms with Crippen LogP contribution in [0.5, 0.6) is 0 Å². The third kappa shape index (κ3) is 5.60. The lowest BCUT2D eigenvalue weighted by molar-refractivity contribution is 0.484. The van der Waals surface area contributed by atoms with Crippen LogP contribution in [0, 0.1) is 0 Å². The van der Waals surface area contributed by atoms with Gasteiger partial charge < -0.3 is 5.32 Å². The van der Waals surface area contributed by atoms with Crippen molar-refractivity contribution in [2.75, 3.05) is 6.54 Å². The third-order valence-corrected chi connectivity index (χ3v) is 5.64. The Balaban J connectivity index is 2.44. The van der Waals surface area contributed by atoms with Crippen LogP contribution in [0.3, 0.4) is 0 Å². The summed E-state index contributed by atoms with van der Waals surface area (Å²) in [6.07, 6.45) is 7.89.